The van der Waals surface area contributed by atoms with Gasteiger partial charge in [-0.3, -0.25) is 0 Å². The normalized spacial score (nSPS) is 16.2. The van der Waals surface area contributed by atoms with Crippen molar-refractivity contribution in [2.45, 2.75) is 46.0 Å². The van der Waals surface area contributed by atoms with Crippen molar-refractivity contribution in [1.82, 2.24) is 18.6 Å². The average molecular weight is 391 g/mol. The molecule has 6 nitrogen and oxygen atoms in total. The molecule has 0 aromatic carbocycles. The zero-order valence-electron chi connectivity index (χ0n) is 16.3. The third-order valence-electron chi connectivity index (χ3n) is 5.14. The van der Waals surface area contributed by atoms with Crippen LogP contribution in [0.3, 0.4) is 0 Å². The van der Waals surface area contributed by atoms with E-state index >= 15 is 0 Å². The fourth-order valence-corrected chi connectivity index (χ4v) is 5.13. The van der Waals surface area contributed by atoms with Gasteiger partial charge in [0.15, 0.2) is 0 Å². The van der Waals surface area contributed by atoms with Crippen LogP contribution in [0.5, 0.6) is 0 Å². The summed E-state index contributed by atoms with van der Waals surface area (Å²) in [5, 5.41) is 1.09. The van der Waals surface area contributed by atoms with Crippen LogP contribution in [-0.2, 0) is 10.2 Å². The molecule has 0 aliphatic carbocycles. The van der Waals surface area contributed by atoms with Gasteiger partial charge in [-0.25, -0.2) is 4.98 Å². The maximum atomic E-state index is 13.1. The van der Waals surface area contributed by atoms with E-state index in [2.05, 4.69) is 36.0 Å². The summed E-state index contributed by atoms with van der Waals surface area (Å²) < 4.78 is 29.5. The van der Waals surface area contributed by atoms with Gasteiger partial charge in [-0.05, 0) is 37.0 Å². The van der Waals surface area contributed by atoms with Crippen LogP contribution >= 0.6 is 0 Å². The molecule has 0 saturated carbocycles. The molecule has 0 atom stereocenters. The molecule has 0 saturated heterocycles. The summed E-state index contributed by atoms with van der Waals surface area (Å²) in [5.74, 6) is 0. The van der Waals surface area contributed by atoms with E-state index in [1.807, 2.05) is 12.3 Å². The molecule has 27 heavy (non-hydrogen) atoms. The molecule has 148 valence electrons. The number of aromatic amines is 1. The average Bonchev–Trinajstić information content (AvgIpc) is 3.12. The molecule has 0 fully saturated rings. The summed E-state index contributed by atoms with van der Waals surface area (Å²) in [5.41, 5.74) is 3.19. The van der Waals surface area contributed by atoms with E-state index in [1.165, 1.54) is 5.57 Å². The highest BCUT2D eigenvalue weighted by Gasteiger charge is 2.30. The molecule has 0 spiro atoms. The Morgan fingerprint density at radius 2 is 1.96 bits per heavy atom. The standard InChI is InChI=1S/C20H30N4O2S/c1-3-5-12-23(13-6-4-2)27(25,26)24-14-9-17(10-15-24)19-16-22-20-18(19)8-7-11-21-20/h7-9,11,16H,3-6,10,12-15H2,1-2H3,(H,21,22). The first kappa shape index (κ1) is 20.0. The van der Waals surface area contributed by atoms with Gasteiger partial charge in [0.25, 0.3) is 10.2 Å². The summed E-state index contributed by atoms with van der Waals surface area (Å²) in [6.07, 6.45) is 10.3. The number of fused-ring (bicyclic) bond motifs is 1. The zero-order chi connectivity index (χ0) is 19.3. The van der Waals surface area contributed by atoms with Crippen molar-refractivity contribution in [3.63, 3.8) is 0 Å². The number of rotatable bonds is 9. The maximum Gasteiger partial charge on any atom is 0.282 e. The van der Waals surface area contributed by atoms with Gasteiger partial charge in [-0.1, -0.05) is 32.8 Å². The Morgan fingerprint density at radius 3 is 2.59 bits per heavy atom. The van der Waals surface area contributed by atoms with E-state index in [-0.39, 0.29) is 0 Å². The molecule has 1 N–H and O–H groups in total. The Kier molecular flexibility index (Phi) is 6.68. The number of nitrogens with zero attached hydrogens (tertiary/aromatic N) is 3. The number of unbranched alkanes of at least 4 members (excludes halogenated alkanes) is 2. The second kappa shape index (κ2) is 8.99. The Labute approximate surface area is 162 Å². The summed E-state index contributed by atoms with van der Waals surface area (Å²) >= 11 is 0. The molecular weight excluding hydrogens is 360 g/mol. The van der Waals surface area contributed by atoms with Gasteiger partial charge >= 0.3 is 0 Å². The first-order valence-electron chi connectivity index (χ1n) is 9.94. The highest BCUT2D eigenvalue weighted by Crippen LogP contribution is 2.29. The monoisotopic (exact) mass is 390 g/mol. The van der Waals surface area contributed by atoms with Gasteiger partial charge in [0, 0.05) is 49.5 Å². The molecule has 0 amide bonds. The van der Waals surface area contributed by atoms with E-state index in [0.29, 0.717) is 26.2 Å². The van der Waals surface area contributed by atoms with E-state index in [1.54, 1.807) is 14.8 Å². The fourth-order valence-electron chi connectivity index (χ4n) is 3.50. The van der Waals surface area contributed by atoms with Crippen molar-refractivity contribution < 1.29 is 8.42 Å². The van der Waals surface area contributed by atoms with Gasteiger partial charge in [0.1, 0.15) is 5.65 Å². The van der Waals surface area contributed by atoms with E-state index < -0.39 is 10.2 Å². The van der Waals surface area contributed by atoms with Gasteiger partial charge < -0.3 is 4.98 Å². The Balaban J connectivity index is 1.75. The van der Waals surface area contributed by atoms with Gasteiger partial charge in [0.2, 0.25) is 0 Å². The summed E-state index contributed by atoms with van der Waals surface area (Å²) in [6, 6.07) is 3.98. The molecule has 0 radical (unpaired) electrons. The van der Waals surface area contributed by atoms with Crippen molar-refractivity contribution in [3.8, 4) is 0 Å². The second-order valence-electron chi connectivity index (χ2n) is 7.05. The van der Waals surface area contributed by atoms with Gasteiger partial charge in [0.05, 0.1) is 0 Å². The fraction of sp³-hybridized carbons (Fsp3) is 0.550. The van der Waals surface area contributed by atoms with Crippen LogP contribution < -0.4 is 0 Å². The molecule has 3 rings (SSSR count). The van der Waals surface area contributed by atoms with Crippen molar-refractivity contribution in [2.75, 3.05) is 26.2 Å². The highest BCUT2D eigenvalue weighted by molar-refractivity contribution is 7.86. The number of pyridine rings is 1. The van der Waals surface area contributed by atoms with Gasteiger partial charge in [-0.2, -0.15) is 17.0 Å². The lowest BCUT2D eigenvalue weighted by Gasteiger charge is -2.31. The lowest BCUT2D eigenvalue weighted by molar-refractivity contribution is 0.339. The molecular formula is C20H30N4O2S. The van der Waals surface area contributed by atoms with Crippen LogP contribution in [0.25, 0.3) is 16.6 Å². The zero-order valence-corrected chi connectivity index (χ0v) is 17.1. The lowest BCUT2D eigenvalue weighted by Crippen LogP contribution is -2.46. The van der Waals surface area contributed by atoms with E-state index in [0.717, 1.165) is 48.7 Å². The molecule has 1 aliphatic heterocycles. The highest BCUT2D eigenvalue weighted by atomic mass is 32.2. The minimum atomic E-state index is -3.40. The molecule has 7 heteroatoms. The third kappa shape index (κ3) is 4.42. The van der Waals surface area contributed by atoms with Crippen molar-refractivity contribution in [1.29, 1.82) is 0 Å². The molecule has 2 aromatic rings. The van der Waals surface area contributed by atoms with Crippen LogP contribution in [0, 0.1) is 0 Å². The quantitative estimate of drug-likeness (QED) is 0.708. The SMILES string of the molecule is CCCCN(CCCC)S(=O)(=O)N1CC=C(c2c[nH]c3ncccc23)CC1. The predicted octanol–water partition coefficient (Wildman–Crippen LogP) is 3.80. The molecule has 1 aliphatic rings. The predicted molar refractivity (Wildman–Crippen MR) is 111 cm³/mol. The smallest absolute Gasteiger partial charge is 0.282 e. The molecule has 2 aromatic heterocycles. The van der Waals surface area contributed by atoms with Crippen LogP contribution in [0.1, 0.15) is 51.5 Å². The lowest BCUT2D eigenvalue weighted by atomic mass is 10.0. The number of aromatic nitrogens is 2. The molecule has 3 heterocycles. The number of hydrogen-bond acceptors (Lipinski definition) is 3. The first-order chi connectivity index (χ1) is 13.1. The Hall–Kier alpha value is -1.70. The molecule has 0 bridgehead atoms. The molecule has 0 unspecified atom stereocenters. The van der Waals surface area contributed by atoms with Crippen LogP contribution in [0.4, 0.5) is 0 Å². The third-order valence-corrected chi connectivity index (χ3v) is 7.15. The Morgan fingerprint density at radius 1 is 1.22 bits per heavy atom. The number of H-pyrrole nitrogens is 1. The van der Waals surface area contributed by atoms with E-state index in [9.17, 15) is 8.42 Å². The van der Waals surface area contributed by atoms with Gasteiger partial charge in [-0.15, -0.1) is 0 Å². The minimum absolute atomic E-state index is 0.430. The summed E-state index contributed by atoms with van der Waals surface area (Å²) in [6.45, 7) is 6.36. The number of hydrogen-bond donors (Lipinski definition) is 1. The summed E-state index contributed by atoms with van der Waals surface area (Å²) in [7, 11) is -3.40. The van der Waals surface area contributed by atoms with E-state index in [4.69, 9.17) is 0 Å². The number of nitrogens with one attached hydrogen (secondary N) is 1. The Bertz CT molecular complexity index is 880. The van der Waals surface area contributed by atoms with Crippen LogP contribution in [0.15, 0.2) is 30.6 Å². The first-order valence-corrected chi connectivity index (χ1v) is 11.3. The second-order valence-corrected chi connectivity index (χ2v) is 8.98. The largest absolute Gasteiger partial charge is 0.346 e. The van der Waals surface area contributed by atoms with Crippen molar-refractivity contribution >= 4 is 26.8 Å². The van der Waals surface area contributed by atoms with Crippen molar-refractivity contribution in [2.24, 2.45) is 0 Å². The van der Waals surface area contributed by atoms with Crippen LogP contribution in [0.2, 0.25) is 0 Å². The minimum Gasteiger partial charge on any atom is -0.346 e. The maximum absolute atomic E-state index is 13.1. The van der Waals surface area contributed by atoms with Crippen LogP contribution in [-0.4, -0.2) is 53.2 Å². The summed E-state index contributed by atoms with van der Waals surface area (Å²) in [4.78, 5) is 7.53. The topological polar surface area (TPSA) is 69.3 Å². The van der Waals surface area contributed by atoms with Crippen molar-refractivity contribution in [3.05, 3.63) is 36.2 Å².